The van der Waals surface area contributed by atoms with Gasteiger partial charge in [0.1, 0.15) is 5.92 Å². The number of nitrogen functional groups attached to an aromatic ring is 1. The van der Waals surface area contributed by atoms with Crippen LogP contribution in [0.15, 0.2) is 24.3 Å². The molecule has 1 aliphatic rings. The summed E-state index contributed by atoms with van der Waals surface area (Å²) < 4.78 is 5.18. The zero-order valence-electron chi connectivity index (χ0n) is 11.3. The summed E-state index contributed by atoms with van der Waals surface area (Å²) in [5.74, 6) is -1.72. The van der Waals surface area contributed by atoms with Crippen LogP contribution in [0.3, 0.4) is 0 Å². The molecule has 6 nitrogen and oxygen atoms in total. The zero-order valence-corrected chi connectivity index (χ0v) is 11.3. The zero-order chi connectivity index (χ0) is 14.7. The van der Waals surface area contributed by atoms with E-state index in [0.29, 0.717) is 5.69 Å². The van der Waals surface area contributed by atoms with Crippen molar-refractivity contribution in [1.29, 1.82) is 0 Å². The lowest BCUT2D eigenvalue weighted by Gasteiger charge is -2.26. The van der Waals surface area contributed by atoms with Gasteiger partial charge in [0.15, 0.2) is 0 Å². The molecular formula is C14H18N2O4. The minimum absolute atomic E-state index is 0.128. The summed E-state index contributed by atoms with van der Waals surface area (Å²) in [6.07, 6.45) is 0.222. The van der Waals surface area contributed by atoms with Crippen molar-refractivity contribution in [2.75, 3.05) is 26.0 Å². The molecule has 1 heterocycles. The Labute approximate surface area is 117 Å². The molecule has 6 heteroatoms. The van der Waals surface area contributed by atoms with E-state index in [1.165, 1.54) is 4.90 Å². The standard InChI is InChI=1S/C14H18N2O4/c1-16(12-8-20-7-11(12)14(18)19)13(17)6-9-2-4-10(15)5-3-9/h2-5,11-12H,6-8,15H2,1H3,(H,18,19). The van der Waals surface area contributed by atoms with Crippen molar-refractivity contribution in [2.24, 2.45) is 5.92 Å². The summed E-state index contributed by atoms with van der Waals surface area (Å²) in [6.45, 7) is 0.417. The van der Waals surface area contributed by atoms with Crippen LogP contribution in [0.2, 0.25) is 0 Å². The van der Waals surface area contributed by atoms with Crippen LogP contribution in [0, 0.1) is 5.92 Å². The third kappa shape index (κ3) is 3.08. The number of carboxylic acid groups (broad SMARTS) is 1. The Bertz CT molecular complexity index is 500. The number of amides is 1. The number of aliphatic carboxylic acids is 1. The van der Waals surface area contributed by atoms with Gasteiger partial charge in [0.2, 0.25) is 5.91 Å². The van der Waals surface area contributed by atoms with Gasteiger partial charge in [-0.1, -0.05) is 12.1 Å². The van der Waals surface area contributed by atoms with Gasteiger partial charge in [-0.05, 0) is 17.7 Å². The molecule has 1 aromatic rings. The average molecular weight is 278 g/mol. The highest BCUT2D eigenvalue weighted by atomic mass is 16.5. The summed E-state index contributed by atoms with van der Waals surface area (Å²) in [4.78, 5) is 24.8. The van der Waals surface area contributed by atoms with Gasteiger partial charge in [0.25, 0.3) is 0 Å². The van der Waals surface area contributed by atoms with E-state index in [9.17, 15) is 9.59 Å². The van der Waals surface area contributed by atoms with E-state index in [0.717, 1.165) is 5.56 Å². The van der Waals surface area contributed by atoms with Gasteiger partial charge in [-0.3, -0.25) is 9.59 Å². The highest BCUT2D eigenvalue weighted by Gasteiger charge is 2.38. The predicted molar refractivity (Wildman–Crippen MR) is 73.1 cm³/mol. The molecule has 0 bridgehead atoms. The second-order valence-corrected chi connectivity index (χ2v) is 4.97. The number of likely N-dealkylation sites (N-methyl/N-ethyl adjacent to an activating group) is 1. The van der Waals surface area contributed by atoms with Crippen molar-refractivity contribution in [3.8, 4) is 0 Å². The first-order valence-electron chi connectivity index (χ1n) is 6.39. The summed E-state index contributed by atoms with van der Waals surface area (Å²) in [5, 5.41) is 9.10. The van der Waals surface area contributed by atoms with E-state index >= 15 is 0 Å². The third-order valence-electron chi connectivity index (χ3n) is 3.59. The molecule has 0 radical (unpaired) electrons. The summed E-state index contributed by atoms with van der Waals surface area (Å²) in [5.41, 5.74) is 7.08. The highest BCUT2D eigenvalue weighted by molar-refractivity contribution is 5.80. The largest absolute Gasteiger partial charge is 0.481 e. The summed E-state index contributed by atoms with van der Waals surface area (Å²) in [6, 6.07) is 6.65. The Morgan fingerprint density at radius 2 is 2.00 bits per heavy atom. The maximum absolute atomic E-state index is 12.2. The van der Waals surface area contributed by atoms with Crippen LogP contribution >= 0.6 is 0 Å². The molecule has 20 heavy (non-hydrogen) atoms. The average Bonchev–Trinajstić information content (AvgIpc) is 2.90. The number of nitrogens with two attached hydrogens (primary N) is 1. The van der Waals surface area contributed by atoms with Crippen molar-refractivity contribution in [3.05, 3.63) is 29.8 Å². The van der Waals surface area contributed by atoms with Crippen LogP contribution in [0.25, 0.3) is 0 Å². The molecule has 1 amide bonds. The first kappa shape index (κ1) is 14.3. The van der Waals surface area contributed by atoms with Crippen LogP contribution < -0.4 is 5.73 Å². The SMILES string of the molecule is CN(C(=O)Cc1ccc(N)cc1)C1COCC1C(=O)O. The number of carbonyl (C=O) groups excluding carboxylic acids is 1. The number of carboxylic acids is 1. The number of hydrogen-bond donors (Lipinski definition) is 2. The Balaban J connectivity index is 2.01. The normalized spacial score (nSPS) is 21.6. The molecule has 108 valence electrons. The summed E-state index contributed by atoms with van der Waals surface area (Å²) in [7, 11) is 1.62. The number of carbonyl (C=O) groups is 2. The molecule has 2 unspecified atom stereocenters. The van der Waals surface area contributed by atoms with Gasteiger partial charge in [0.05, 0.1) is 25.7 Å². The molecule has 1 saturated heterocycles. The van der Waals surface area contributed by atoms with Crippen molar-refractivity contribution in [1.82, 2.24) is 4.90 Å². The highest BCUT2D eigenvalue weighted by Crippen LogP contribution is 2.20. The van der Waals surface area contributed by atoms with Crippen molar-refractivity contribution in [3.63, 3.8) is 0 Å². The van der Waals surface area contributed by atoms with Gasteiger partial charge < -0.3 is 20.5 Å². The number of benzene rings is 1. The summed E-state index contributed by atoms with van der Waals surface area (Å²) >= 11 is 0. The van der Waals surface area contributed by atoms with Gasteiger partial charge in [0, 0.05) is 12.7 Å². The molecule has 3 N–H and O–H groups in total. The fraction of sp³-hybridized carbons (Fsp3) is 0.429. The second-order valence-electron chi connectivity index (χ2n) is 4.97. The molecule has 1 fully saturated rings. The third-order valence-corrected chi connectivity index (χ3v) is 3.59. The van der Waals surface area contributed by atoms with E-state index in [2.05, 4.69) is 0 Å². The minimum Gasteiger partial charge on any atom is -0.481 e. The molecule has 1 aromatic carbocycles. The molecule has 2 atom stereocenters. The van der Waals surface area contributed by atoms with Gasteiger partial charge in [-0.25, -0.2) is 0 Å². The van der Waals surface area contributed by atoms with E-state index in [1.807, 2.05) is 0 Å². The van der Waals surface area contributed by atoms with Crippen molar-refractivity contribution in [2.45, 2.75) is 12.5 Å². The topological polar surface area (TPSA) is 92.9 Å². The Morgan fingerprint density at radius 1 is 1.35 bits per heavy atom. The lowest BCUT2D eigenvalue weighted by molar-refractivity contribution is -0.144. The molecule has 1 aliphatic heterocycles. The van der Waals surface area contributed by atoms with Crippen LogP contribution in [0.1, 0.15) is 5.56 Å². The molecule has 0 spiro atoms. The van der Waals surface area contributed by atoms with E-state index in [1.54, 1.807) is 31.3 Å². The molecule has 2 rings (SSSR count). The van der Waals surface area contributed by atoms with Crippen LogP contribution in [-0.4, -0.2) is 48.2 Å². The van der Waals surface area contributed by atoms with Crippen LogP contribution in [0.4, 0.5) is 5.69 Å². The van der Waals surface area contributed by atoms with E-state index in [-0.39, 0.29) is 25.5 Å². The van der Waals surface area contributed by atoms with E-state index in [4.69, 9.17) is 15.6 Å². The monoisotopic (exact) mass is 278 g/mol. The Morgan fingerprint density at radius 3 is 2.60 bits per heavy atom. The van der Waals surface area contributed by atoms with Crippen molar-refractivity contribution >= 4 is 17.6 Å². The maximum Gasteiger partial charge on any atom is 0.311 e. The smallest absolute Gasteiger partial charge is 0.311 e. The van der Waals surface area contributed by atoms with Gasteiger partial charge in [-0.15, -0.1) is 0 Å². The van der Waals surface area contributed by atoms with Crippen molar-refractivity contribution < 1.29 is 19.4 Å². The number of nitrogens with zero attached hydrogens (tertiary/aromatic N) is 1. The lowest BCUT2D eigenvalue weighted by Crippen LogP contribution is -2.44. The number of hydrogen-bond acceptors (Lipinski definition) is 4. The Kier molecular flexibility index (Phi) is 4.24. The Hall–Kier alpha value is -2.08. The predicted octanol–water partition coefficient (Wildman–Crippen LogP) is 0.369. The van der Waals surface area contributed by atoms with Crippen LogP contribution in [0.5, 0.6) is 0 Å². The fourth-order valence-corrected chi connectivity index (χ4v) is 2.28. The minimum atomic E-state index is -0.931. The first-order chi connectivity index (χ1) is 9.49. The molecule has 0 aromatic heterocycles. The quantitative estimate of drug-likeness (QED) is 0.776. The number of rotatable bonds is 4. The fourth-order valence-electron chi connectivity index (χ4n) is 2.28. The molecular weight excluding hydrogens is 260 g/mol. The van der Waals surface area contributed by atoms with Gasteiger partial charge in [-0.2, -0.15) is 0 Å². The van der Waals surface area contributed by atoms with Gasteiger partial charge >= 0.3 is 5.97 Å². The second kappa shape index (κ2) is 5.92. The molecule has 0 saturated carbocycles. The number of anilines is 1. The maximum atomic E-state index is 12.2. The van der Waals surface area contributed by atoms with Crippen LogP contribution in [-0.2, 0) is 20.7 Å². The lowest BCUT2D eigenvalue weighted by atomic mass is 10.0. The molecule has 0 aliphatic carbocycles. The van der Waals surface area contributed by atoms with E-state index < -0.39 is 17.9 Å². The first-order valence-corrected chi connectivity index (χ1v) is 6.39. The number of ether oxygens (including phenoxy) is 1.